The third-order valence-electron chi connectivity index (χ3n) is 5.98. The Hall–Kier alpha value is -4.73. The number of carbonyl (C=O) groups excluding carboxylic acids is 1. The van der Waals surface area contributed by atoms with Crippen molar-refractivity contribution in [2.24, 2.45) is 5.10 Å². The number of ether oxygens (including phenoxy) is 2. The van der Waals surface area contributed by atoms with Gasteiger partial charge in [0.1, 0.15) is 23.9 Å². The maximum absolute atomic E-state index is 13.2. The van der Waals surface area contributed by atoms with Crippen LogP contribution in [0.4, 0.5) is 10.5 Å². The SMILES string of the molecule is C#CCOc1ccc(C2=NN(C(=O)Nc3ccc(Oc4ccc(Cl)cc4)cc3)CC2c2ccccc2)cc1. The van der Waals surface area contributed by atoms with Crippen molar-refractivity contribution in [2.75, 3.05) is 18.5 Å². The van der Waals surface area contributed by atoms with Gasteiger partial charge in [0.05, 0.1) is 12.3 Å². The number of urea groups is 1. The van der Waals surface area contributed by atoms with Crippen LogP contribution in [0.3, 0.4) is 0 Å². The Bertz CT molecular complexity index is 1460. The molecular formula is C31H24ClN3O3. The summed E-state index contributed by atoms with van der Waals surface area (Å²) in [6.45, 7) is 0.618. The van der Waals surface area contributed by atoms with Crippen molar-refractivity contribution in [3.8, 4) is 29.6 Å². The van der Waals surface area contributed by atoms with Crippen LogP contribution in [0.5, 0.6) is 17.2 Å². The van der Waals surface area contributed by atoms with Gasteiger partial charge in [-0.3, -0.25) is 0 Å². The fourth-order valence-corrected chi connectivity index (χ4v) is 4.24. The molecule has 1 unspecified atom stereocenters. The van der Waals surface area contributed by atoms with Crippen molar-refractivity contribution in [3.63, 3.8) is 0 Å². The van der Waals surface area contributed by atoms with Gasteiger partial charge in [0, 0.05) is 16.6 Å². The van der Waals surface area contributed by atoms with Gasteiger partial charge in [0.25, 0.3) is 0 Å². The van der Waals surface area contributed by atoms with E-state index in [2.05, 4.69) is 11.2 Å². The molecule has 7 heteroatoms. The Morgan fingerprint density at radius 3 is 2.21 bits per heavy atom. The first-order chi connectivity index (χ1) is 18.6. The van der Waals surface area contributed by atoms with E-state index in [0.29, 0.717) is 34.5 Å². The van der Waals surface area contributed by atoms with Gasteiger partial charge in [-0.15, -0.1) is 6.42 Å². The van der Waals surface area contributed by atoms with Crippen LogP contribution < -0.4 is 14.8 Å². The number of halogens is 1. The summed E-state index contributed by atoms with van der Waals surface area (Å²) in [6, 6.07) is 31.6. The molecule has 6 nitrogen and oxygen atoms in total. The number of anilines is 1. The average molecular weight is 522 g/mol. The molecule has 1 aliphatic heterocycles. The molecule has 1 N–H and O–H groups in total. The normalized spacial score (nSPS) is 14.4. The monoisotopic (exact) mass is 521 g/mol. The number of nitrogens with zero attached hydrogens (tertiary/aromatic N) is 2. The van der Waals surface area contributed by atoms with Crippen LogP contribution in [0.2, 0.25) is 5.02 Å². The number of amides is 2. The topological polar surface area (TPSA) is 63.2 Å². The Balaban J connectivity index is 1.31. The fourth-order valence-electron chi connectivity index (χ4n) is 4.12. The van der Waals surface area contributed by atoms with Crippen LogP contribution in [0.1, 0.15) is 17.0 Å². The minimum Gasteiger partial charge on any atom is -0.481 e. The van der Waals surface area contributed by atoms with Crippen molar-refractivity contribution in [1.82, 2.24) is 5.01 Å². The Labute approximate surface area is 226 Å². The Morgan fingerprint density at radius 1 is 0.921 bits per heavy atom. The Kier molecular flexibility index (Phi) is 7.58. The first-order valence-corrected chi connectivity index (χ1v) is 12.4. The van der Waals surface area contributed by atoms with Crippen LogP contribution in [-0.2, 0) is 0 Å². The predicted molar refractivity (Wildman–Crippen MR) is 150 cm³/mol. The van der Waals surface area contributed by atoms with Crippen LogP contribution in [0.15, 0.2) is 108 Å². The standard InChI is InChI=1S/C31H24ClN3O3/c1-2-20-37-26-14-8-23(9-15-26)30-29(22-6-4-3-5-7-22)21-35(34-30)31(36)33-25-12-18-28(19-13-25)38-27-16-10-24(32)11-17-27/h1,3-19,29H,20-21H2,(H,33,36). The first kappa shape index (κ1) is 24.9. The summed E-state index contributed by atoms with van der Waals surface area (Å²) in [5.41, 5.74) is 3.43. The van der Waals surface area contributed by atoms with Gasteiger partial charge in [-0.05, 0) is 83.9 Å². The number of hydrogen-bond donors (Lipinski definition) is 1. The first-order valence-electron chi connectivity index (χ1n) is 12.0. The summed E-state index contributed by atoms with van der Waals surface area (Å²) in [5.74, 6) is 4.38. The van der Waals surface area contributed by atoms with Crippen molar-refractivity contribution >= 4 is 29.0 Å². The van der Waals surface area contributed by atoms with Gasteiger partial charge in [0.2, 0.25) is 0 Å². The highest BCUT2D eigenvalue weighted by atomic mass is 35.5. The molecule has 1 atom stereocenters. The van der Waals surface area contributed by atoms with E-state index in [1.165, 1.54) is 5.01 Å². The quantitative estimate of drug-likeness (QED) is 0.262. The van der Waals surface area contributed by atoms with E-state index in [1.807, 2.05) is 54.6 Å². The number of hydrazone groups is 1. The van der Waals surface area contributed by atoms with E-state index in [0.717, 1.165) is 16.8 Å². The van der Waals surface area contributed by atoms with Gasteiger partial charge in [-0.1, -0.05) is 47.9 Å². The van der Waals surface area contributed by atoms with E-state index in [1.54, 1.807) is 48.5 Å². The van der Waals surface area contributed by atoms with Gasteiger partial charge in [-0.2, -0.15) is 5.10 Å². The van der Waals surface area contributed by atoms with E-state index in [4.69, 9.17) is 32.6 Å². The maximum atomic E-state index is 13.2. The van der Waals surface area contributed by atoms with Gasteiger partial charge >= 0.3 is 6.03 Å². The van der Waals surface area contributed by atoms with Crippen LogP contribution in [0.25, 0.3) is 0 Å². The maximum Gasteiger partial charge on any atom is 0.342 e. The second-order valence-corrected chi connectivity index (χ2v) is 8.99. The lowest BCUT2D eigenvalue weighted by atomic mass is 9.90. The molecule has 1 heterocycles. The molecule has 188 valence electrons. The van der Waals surface area contributed by atoms with Crippen molar-refractivity contribution < 1.29 is 14.3 Å². The minimum atomic E-state index is -0.318. The molecule has 38 heavy (non-hydrogen) atoms. The number of terminal acetylenes is 1. The third-order valence-corrected chi connectivity index (χ3v) is 6.23. The van der Waals surface area contributed by atoms with Crippen LogP contribution in [-0.4, -0.2) is 29.9 Å². The molecule has 0 saturated carbocycles. The zero-order chi connectivity index (χ0) is 26.3. The lowest BCUT2D eigenvalue weighted by Crippen LogP contribution is -2.30. The van der Waals surface area contributed by atoms with Gasteiger partial charge < -0.3 is 14.8 Å². The largest absolute Gasteiger partial charge is 0.481 e. The number of rotatable bonds is 7. The number of nitrogens with one attached hydrogen (secondary N) is 1. The number of benzene rings is 4. The van der Waals surface area contributed by atoms with Crippen molar-refractivity contribution in [2.45, 2.75) is 5.92 Å². The van der Waals surface area contributed by atoms with Crippen LogP contribution >= 0.6 is 11.6 Å². The van der Waals surface area contributed by atoms with E-state index >= 15 is 0 Å². The number of carbonyl (C=O) groups is 1. The highest BCUT2D eigenvalue weighted by Gasteiger charge is 2.32. The van der Waals surface area contributed by atoms with Crippen LogP contribution in [0, 0.1) is 12.3 Å². The minimum absolute atomic E-state index is 0.0745. The fraction of sp³-hybridized carbons (Fsp3) is 0.0968. The second kappa shape index (κ2) is 11.5. The second-order valence-electron chi connectivity index (χ2n) is 8.56. The summed E-state index contributed by atoms with van der Waals surface area (Å²) in [5, 5.41) is 9.75. The highest BCUT2D eigenvalue weighted by molar-refractivity contribution is 6.30. The molecule has 2 amide bonds. The molecule has 0 fully saturated rings. The van der Waals surface area contributed by atoms with Crippen molar-refractivity contribution in [1.29, 1.82) is 0 Å². The summed E-state index contributed by atoms with van der Waals surface area (Å²) < 4.78 is 11.3. The molecule has 4 aromatic carbocycles. The molecule has 0 saturated heterocycles. The lowest BCUT2D eigenvalue weighted by molar-refractivity contribution is 0.218. The molecule has 0 aliphatic carbocycles. The molecular weight excluding hydrogens is 498 g/mol. The third kappa shape index (κ3) is 5.97. The molecule has 4 aromatic rings. The summed E-state index contributed by atoms with van der Waals surface area (Å²) in [7, 11) is 0. The van der Waals surface area contributed by atoms with E-state index in [-0.39, 0.29) is 18.6 Å². The smallest absolute Gasteiger partial charge is 0.342 e. The molecule has 5 rings (SSSR count). The Morgan fingerprint density at radius 2 is 1.55 bits per heavy atom. The lowest BCUT2D eigenvalue weighted by Gasteiger charge is -2.16. The average Bonchev–Trinajstić information content (AvgIpc) is 3.41. The zero-order valence-corrected chi connectivity index (χ0v) is 21.1. The molecule has 0 spiro atoms. The summed E-state index contributed by atoms with van der Waals surface area (Å²) >= 11 is 5.93. The molecule has 0 radical (unpaired) electrons. The predicted octanol–water partition coefficient (Wildman–Crippen LogP) is 7.18. The number of hydrogen-bond acceptors (Lipinski definition) is 4. The molecule has 1 aliphatic rings. The van der Waals surface area contributed by atoms with Gasteiger partial charge in [-0.25, -0.2) is 9.80 Å². The zero-order valence-electron chi connectivity index (χ0n) is 20.4. The highest BCUT2D eigenvalue weighted by Crippen LogP contribution is 2.30. The van der Waals surface area contributed by atoms with Crippen molar-refractivity contribution in [3.05, 3.63) is 119 Å². The van der Waals surface area contributed by atoms with E-state index < -0.39 is 0 Å². The van der Waals surface area contributed by atoms with E-state index in [9.17, 15) is 4.79 Å². The molecule has 0 aromatic heterocycles. The summed E-state index contributed by atoms with van der Waals surface area (Å²) in [4.78, 5) is 13.2. The summed E-state index contributed by atoms with van der Waals surface area (Å²) in [6.07, 6.45) is 5.28. The van der Waals surface area contributed by atoms with Gasteiger partial charge in [0.15, 0.2) is 0 Å². The molecule has 0 bridgehead atoms.